The molecular formula is C30H33NO3S. The van der Waals surface area contributed by atoms with Gasteiger partial charge in [-0.25, -0.2) is 8.42 Å². The Labute approximate surface area is 209 Å². The largest absolute Gasteiger partial charge is 0.744 e. The van der Waals surface area contributed by atoms with E-state index in [0.717, 1.165) is 31.4 Å². The number of hydrogen-bond donors (Lipinski definition) is 1. The molecule has 0 unspecified atom stereocenters. The number of benzene rings is 4. The van der Waals surface area contributed by atoms with Gasteiger partial charge in [-0.15, -0.1) is 0 Å². The van der Waals surface area contributed by atoms with Gasteiger partial charge in [0.2, 0.25) is 0 Å². The second-order valence-corrected chi connectivity index (χ2v) is 10.4. The number of aryl methyl sites for hydroxylation is 1. The van der Waals surface area contributed by atoms with Crippen LogP contribution in [0.25, 0.3) is 0 Å². The smallest absolute Gasteiger partial charge is 0.124 e. The Hall–Kier alpha value is -3.25. The molecule has 0 spiro atoms. The summed E-state index contributed by atoms with van der Waals surface area (Å²) in [4.78, 5) is -0.178. The summed E-state index contributed by atoms with van der Waals surface area (Å²) >= 11 is 0. The minimum absolute atomic E-state index is 0.143. The fourth-order valence-electron chi connectivity index (χ4n) is 4.24. The van der Waals surface area contributed by atoms with Gasteiger partial charge in [0, 0.05) is 5.41 Å². The van der Waals surface area contributed by atoms with Crippen molar-refractivity contribution in [1.82, 2.24) is 0 Å². The molecule has 4 aromatic rings. The average Bonchev–Trinajstić information content (AvgIpc) is 2.86. The second-order valence-electron chi connectivity index (χ2n) is 9.00. The first-order chi connectivity index (χ1) is 16.8. The molecule has 0 radical (unpaired) electrons. The summed E-state index contributed by atoms with van der Waals surface area (Å²) in [6.45, 7) is 2.74. The molecule has 0 aliphatic rings. The highest BCUT2D eigenvalue weighted by Crippen LogP contribution is 2.31. The monoisotopic (exact) mass is 487 g/mol. The third-order valence-corrected chi connectivity index (χ3v) is 6.96. The van der Waals surface area contributed by atoms with Crippen LogP contribution in [0.3, 0.4) is 0 Å². The molecule has 0 amide bonds. The van der Waals surface area contributed by atoms with Crippen molar-refractivity contribution in [3.05, 3.63) is 138 Å². The molecule has 5 heteroatoms. The third kappa shape index (κ3) is 8.48. The lowest BCUT2D eigenvalue weighted by molar-refractivity contribution is -0.392. The molecule has 182 valence electrons. The Morgan fingerprint density at radius 1 is 0.629 bits per heavy atom. The van der Waals surface area contributed by atoms with Crippen LogP contribution in [0.15, 0.2) is 120 Å². The van der Waals surface area contributed by atoms with E-state index >= 15 is 0 Å². The van der Waals surface area contributed by atoms with E-state index in [4.69, 9.17) is 0 Å². The molecule has 35 heavy (non-hydrogen) atoms. The van der Waals surface area contributed by atoms with E-state index < -0.39 is 10.1 Å². The van der Waals surface area contributed by atoms with Gasteiger partial charge in [0.05, 0.1) is 11.4 Å². The molecular weight excluding hydrogens is 454 g/mol. The average molecular weight is 488 g/mol. The van der Waals surface area contributed by atoms with Crippen LogP contribution in [0, 0.1) is 12.3 Å². The quantitative estimate of drug-likeness (QED) is 0.361. The van der Waals surface area contributed by atoms with Crippen molar-refractivity contribution < 1.29 is 18.7 Å². The summed E-state index contributed by atoms with van der Waals surface area (Å²) < 4.78 is 31.2. The van der Waals surface area contributed by atoms with Gasteiger partial charge in [-0.3, -0.25) is 0 Å². The zero-order valence-electron chi connectivity index (χ0n) is 20.1. The summed E-state index contributed by atoms with van der Waals surface area (Å²) in [5.41, 5.74) is 9.61. The van der Waals surface area contributed by atoms with Crippen molar-refractivity contribution in [2.45, 2.75) is 31.1 Å². The van der Waals surface area contributed by atoms with Crippen LogP contribution in [-0.2, 0) is 29.4 Å². The van der Waals surface area contributed by atoms with Crippen molar-refractivity contribution in [2.24, 2.45) is 5.41 Å². The van der Waals surface area contributed by atoms with Gasteiger partial charge in [-0.05, 0) is 55.0 Å². The zero-order chi connectivity index (χ0) is 25.2. The number of quaternary nitrogens is 1. The second kappa shape index (κ2) is 12.5. The normalized spacial score (nSPS) is 11.4. The van der Waals surface area contributed by atoms with Gasteiger partial charge >= 0.3 is 0 Å². The van der Waals surface area contributed by atoms with Crippen LogP contribution >= 0.6 is 0 Å². The van der Waals surface area contributed by atoms with E-state index in [2.05, 4.69) is 96.7 Å². The Morgan fingerprint density at radius 3 is 1.26 bits per heavy atom. The zero-order valence-corrected chi connectivity index (χ0v) is 21.0. The molecule has 4 aromatic carbocycles. The van der Waals surface area contributed by atoms with Gasteiger partial charge in [-0.2, -0.15) is 0 Å². The molecule has 4 nitrogen and oxygen atoms in total. The molecule has 0 saturated carbocycles. The maximum absolute atomic E-state index is 10.4. The summed E-state index contributed by atoms with van der Waals surface area (Å²) in [5.74, 6) is 0. The SMILES string of the molecule is Cc1ccc(S(=O)(=O)[O-])cc1.[NH3+]CC(Cc1ccccc1)(Cc1ccccc1)Cc1ccccc1. The van der Waals surface area contributed by atoms with E-state index in [1.165, 1.54) is 28.8 Å². The van der Waals surface area contributed by atoms with Gasteiger partial charge in [0.15, 0.2) is 0 Å². The lowest BCUT2D eigenvalue weighted by Crippen LogP contribution is -2.60. The fourth-order valence-corrected chi connectivity index (χ4v) is 4.71. The van der Waals surface area contributed by atoms with Crippen LogP contribution in [0.1, 0.15) is 22.3 Å². The van der Waals surface area contributed by atoms with Crippen molar-refractivity contribution >= 4 is 10.1 Å². The van der Waals surface area contributed by atoms with Crippen molar-refractivity contribution in [2.75, 3.05) is 6.54 Å². The standard InChI is InChI=1S/C23H25N.C7H8O3S/c24-19-23(16-20-10-4-1-5-11-20,17-21-12-6-2-7-13-21)18-22-14-8-3-9-15-22;1-6-2-4-7(5-3-6)11(8,9)10/h1-15H,16-19,24H2;2-5H,1H3,(H,8,9,10). The first kappa shape index (κ1) is 26.4. The van der Waals surface area contributed by atoms with E-state index in [1.807, 2.05) is 6.92 Å². The molecule has 0 bridgehead atoms. The van der Waals surface area contributed by atoms with Gasteiger partial charge in [0.25, 0.3) is 0 Å². The molecule has 4 rings (SSSR count). The van der Waals surface area contributed by atoms with Crippen LogP contribution in [0.4, 0.5) is 0 Å². The molecule has 0 saturated heterocycles. The summed E-state index contributed by atoms with van der Waals surface area (Å²) in [7, 11) is -4.27. The minimum Gasteiger partial charge on any atom is -0.744 e. The molecule has 0 aliphatic heterocycles. The molecule has 3 N–H and O–H groups in total. The summed E-state index contributed by atoms with van der Waals surface area (Å²) in [6.07, 6.45) is 3.17. The molecule has 0 atom stereocenters. The highest BCUT2D eigenvalue weighted by atomic mass is 32.2. The highest BCUT2D eigenvalue weighted by Gasteiger charge is 2.32. The topological polar surface area (TPSA) is 84.8 Å². The van der Waals surface area contributed by atoms with Crippen LogP contribution < -0.4 is 5.73 Å². The Balaban J connectivity index is 0.000000261. The van der Waals surface area contributed by atoms with E-state index in [9.17, 15) is 13.0 Å². The van der Waals surface area contributed by atoms with E-state index in [1.54, 1.807) is 12.1 Å². The van der Waals surface area contributed by atoms with Gasteiger partial charge in [-0.1, -0.05) is 109 Å². The summed E-state index contributed by atoms with van der Waals surface area (Å²) in [5, 5.41) is 0. The van der Waals surface area contributed by atoms with E-state index in [-0.39, 0.29) is 10.3 Å². The third-order valence-electron chi connectivity index (χ3n) is 6.11. The Kier molecular flexibility index (Phi) is 9.38. The lowest BCUT2D eigenvalue weighted by Gasteiger charge is -2.31. The van der Waals surface area contributed by atoms with E-state index in [0.29, 0.717) is 0 Å². The van der Waals surface area contributed by atoms with Crippen LogP contribution in [0.5, 0.6) is 0 Å². The van der Waals surface area contributed by atoms with Crippen molar-refractivity contribution in [3.8, 4) is 0 Å². The van der Waals surface area contributed by atoms with Gasteiger partial charge < -0.3 is 10.3 Å². The van der Waals surface area contributed by atoms with Crippen LogP contribution in [0.2, 0.25) is 0 Å². The molecule has 0 fully saturated rings. The van der Waals surface area contributed by atoms with Crippen molar-refractivity contribution in [1.29, 1.82) is 0 Å². The molecule has 0 heterocycles. The molecule has 0 aliphatic carbocycles. The highest BCUT2D eigenvalue weighted by molar-refractivity contribution is 7.85. The number of rotatable bonds is 8. The van der Waals surface area contributed by atoms with Gasteiger partial charge in [0.1, 0.15) is 10.1 Å². The Morgan fingerprint density at radius 2 is 0.971 bits per heavy atom. The summed E-state index contributed by atoms with van der Waals surface area (Å²) in [6, 6.07) is 38.3. The lowest BCUT2D eigenvalue weighted by atomic mass is 9.72. The first-order valence-electron chi connectivity index (χ1n) is 11.7. The predicted octanol–water partition coefficient (Wildman–Crippen LogP) is 4.84. The van der Waals surface area contributed by atoms with Crippen molar-refractivity contribution in [3.63, 3.8) is 0 Å². The fraction of sp³-hybridized carbons (Fsp3) is 0.200. The molecule has 0 aromatic heterocycles. The Bertz CT molecular complexity index is 1160. The number of hydrogen-bond acceptors (Lipinski definition) is 3. The first-order valence-corrected chi connectivity index (χ1v) is 13.1. The minimum atomic E-state index is -4.27. The predicted molar refractivity (Wildman–Crippen MR) is 140 cm³/mol. The van der Waals surface area contributed by atoms with Crippen LogP contribution in [-0.4, -0.2) is 19.5 Å². The maximum atomic E-state index is 10.4. The maximum Gasteiger partial charge on any atom is 0.124 e.